The largest absolute Gasteiger partial charge is 0.342 e. The fraction of sp³-hybridized carbons (Fsp3) is 0.250. The fourth-order valence-corrected chi connectivity index (χ4v) is 3.42. The Kier molecular flexibility index (Phi) is 3.95. The van der Waals surface area contributed by atoms with Crippen LogP contribution in [0.2, 0.25) is 0 Å². The second-order valence-corrected chi connectivity index (χ2v) is 6.42. The first-order valence-corrected chi connectivity index (χ1v) is 8.48. The van der Waals surface area contributed by atoms with E-state index in [9.17, 15) is 4.79 Å². The van der Waals surface area contributed by atoms with E-state index in [1.54, 1.807) is 24.3 Å². The molecule has 0 radical (unpaired) electrons. The predicted octanol–water partition coefficient (Wildman–Crippen LogP) is 3.45. The Balaban J connectivity index is 1.53. The number of aromatic nitrogens is 2. The number of benzene rings is 2. The lowest BCUT2D eigenvalue weighted by Gasteiger charge is -2.32. The van der Waals surface area contributed by atoms with Crippen LogP contribution in [0.1, 0.15) is 40.5 Å². The van der Waals surface area contributed by atoms with Crippen LogP contribution < -0.4 is 0 Å². The number of piperidine rings is 1. The molecule has 0 saturated carbocycles. The van der Waals surface area contributed by atoms with Crippen molar-refractivity contribution in [1.82, 2.24) is 14.9 Å². The van der Waals surface area contributed by atoms with Gasteiger partial charge in [-0.2, -0.15) is 5.26 Å². The number of nitrogens with one attached hydrogen (secondary N) is 1. The van der Waals surface area contributed by atoms with Gasteiger partial charge in [0, 0.05) is 24.6 Å². The Hall–Kier alpha value is -3.13. The van der Waals surface area contributed by atoms with E-state index in [0.29, 0.717) is 17.7 Å². The number of amides is 1. The minimum absolute atomic E-state index is 0.0188. The van der Waals surface area contributed by atoms with Crippen LogP contribution >= 0.6 is 0 Å². The van der Waals surface area contributed by atoms with Gasteiger partial charge in [-0.15, -0.1) is 0 Å². The molecule has 124 valence electrons. The molecule has 1 fully saturated rings. The Morgan fingerprint density at radius 1 is 1.20 bits per heavy atom. The lowest BCUT2D eigenvalue weighted by Crippen LogP contribution is -2.39. The van der Waals surface area contributed by atoms with E-state index in [2.05, 4.69) is 11.1 Å². The summed E-state index contributed by atoms with van der Waals surface area (Å²) in [6.45, 7) is 1.42. The number of aromatic amines is 1. The second-order valence-electron chi connectivity index (χ2n) is 6.42. The summed E-state index contributed by atoms with van der Waals surface area (Å²) in [6, 6.07) is 16.9. The maximum atomic E-state index is 12.8. The van der Waals surface area contributed by atoms with E-state index in [0.717, 1.165) is 36.2 Å². The van der Waals surface area contributed by atoms with Crippen LogP contribution in [0.15, 0.2) is 48.5 Å². The molecule has 0 aliphatic carbocycles. The van der Waals surface area contributed by atoms with E-state index < -0.39 is 0 Å². The normalized spacial score (nSPS) is 17.4. The molecule has 25 heavy (non-hydrogen) atoms. The molecular weight excluding hydrogens is 312 g/mol. The summed E-state index contributed by atoms with van der Waals surface area (Å²) in [5.74, 6) is 1.20. The number of H-pyrrole nitrogens is 1. The van der Waals surface area contributed by atoms with Crippen LogP contribution in [0.4, 0.5) is 0 Å². The molecule has 0 bridgehead atoms. The van der Waals surface area contributed by atoms with Crippen molar-refractivity contribution in [3.8, 4) is 6.07 Å². The molecule has 5 nitrogen and oxygen atoms in total. The summed E-state index contributed by atoms with van der Waals surface area (Å²) in [5, 5.41) is 8.88. The third-order valence-electron chi connectivity index (χ3n) is 4.76. The average molecular weight is 330 g/mol. The zero-order chi connectivity index (χ0) is 17.2. The molecule has 2 aromatic carbocycles. The molecular formula is C20H18N4O. The van der Waals surface area contributed by atoms with Gasteiger partial charge in [0.25, 0.3) is 5.91 Å². The monoisotopic (exact) mass is 330 g/mol. The summed E-state index contributed by atoms with van der Waals surface area (Å²) >= 11 is 0. The highest BCUT2D eigenvalue weighted by Crippen LogP contribution is 2.27. The number of likely N-dealkylation sites (tertiary alicyclic amines) is 1. The summed E-state index contributed by atoms with van der Waals surface area (Å²) in [4.78, 5) is 22.7. The molecule has 3 aromatic rings. The van der Waals surface area contributed by atoms with Gasteiger partial charge >= 0.3 is 0 Å². The number of nitriles is 1. The number of fused-ring (bicyclic) bond motifs is 1. The van der Waals surface area contributed by atoms with E-state index in [1.807, 2.05) is 29.2 Å². The number of hydrogen-bond donors (Lipinski definition) is 1. The standard InChI is InChI=1S/C20H18N4O/c21-12-14-7-9-15(10-8-14)20(25)24-11-3-4-16(13-24)19-22-17-5-1-2-6-18(17)23-19/h1-2,5-10,16H,3-4,11,13H2,(H,22,23). The minimum Gasteiger partial charge on any atom is -0.342 e. The smallest absolute Gasteiger partial charge is 0.253 e. The molecule has 5 heteroatoms. The molecule has 1 saturated heterocycles. The second kappa shape index (κ2) is 6.40. The van der Waals surface area contributed by atoms with Crippen molar-refractivity contribution in [1.29, 1.82) is 5.26 Å². The number of carbonyl (C=O) groups is 1. The molecule has 2 heterocycles. The molecule has 1 aliphatic rings. The van der Waals surface area contributed by atoms with Gasteiger partial charge in [0.15, 0.2) is 0 Å². The minimum atomic E-state index is 0.0188. The average Bonchev–Trinajstić information content (AvgIpc) is 3.12. The first-order valence-electron chi connectivity index (χ1n) is 8.48. The quantitative estimate of drug-likeness (QED) is 0.782. The summed E-state index contributed by atoms with van der Waals surface area (Å²) < 4.78 is 0. The molecule has 4 rings (SSSR count). The number of imidazole rings is 1. The Bertz CT molecular complexity index is 919. The zero-order valence-corrected chi connectivity index (χ0v) is 13.8. The van der Waals surface area contributed by atoms with Crippen LogP contribution in [0.3, 0.4) is 0 Å². The van der Waals surface area contributed by atoms with Crippen molar-refractivity contribution in [2.75, 3.05) is 13.1 Å². The SMILES string of the molecule is N#Cc1ccc(C(=O)N2CCCC(c3nc4ccccc4[nH]3)C2)cc1. The van der Waals surface area contributed by atoms with Gasteiger partial charge in [-0.05, 0) is 49.2 Å². The lowest BCUT2D eigenvalue weighted by molar-refractivity contribution is 0.0705. The van der Waals surface area contributed by atoms with Crippen molar-refractivity contribution in [2.45, 2.75) is 18.8 Å². The van der Waals surface area contributed by atoms with Crippen molar-refractivity contribution in [3.05, 3.63) is 65.5 Å². The number of nitrogens with zero attached hydrogens (tertiary/aromatic N) is 3. The van der Waals surface area contributed by atoms with Gasteiger partial charge in [-0.25, -0.2) is 4.98 Å². The van der Waals surface area contributed by atoms with Crippen molar-refractivity contribution < 1.29 is 4.79 Å². The highest BCUT2D eigenvalue weighted by atomic mass is 16.2. The number of carbonyl (C=O) groups excluding carboxylic acids is 1. The van der Waals surface area contributed by atoms with Crippen molar-refractivity contribution in [3.63, 3.8) is 0 Å². The molecule has 1 aliphatic heterocycles. The van der Waals surface area contributed by atoms with Gasteiger partial charge in [0.1, 0.15) is 5.82 Å². The summed E-state index contributed by atoms with van der Waals surface area (Å²) in [7, 11) is 0. The molecule has 1 atom stereocenters. The van der Waals surface area contributed by atoms with Crippen LogP contribution in [-0.2, 0) is 0 Å². The van der Waals surface area contributed by atoms with E-state index in [1.165, 1.54) is 0 Å². The van der Waals surface area contributed by atoms with Crippen molar-refractivity contribution >= 4 is 16.9 Å². The van der Waals surface area contributed by atoms with E-state index in [4.69, 9.17) is 10.2 Å². The van der Waals surface area contributed by atoms with Crippen LogP contribution in [0.5, 0.6) is 0 Å². The number of hydrogen-bond acceptors (Lipinski definition) is 3. The summed E-state index contributed by atoms with van der Waals surface area (Å²) in [5.41, 5.74) is 3.20. The maximum absolute atomic E-state index is 12.8. The van der Waals surface area contributed by atoms with Gasteiger partial charge in [0.2, 0.25) is 0 Å². The predicted molar refractivity (Wildman–Crippen MR) is 95.1 cm³/mol. The lowest BCUT2D eigenvalue weighted by atomic mass is 9.96. The Morgan fingerprint density at radius 3 is 2.76 bits per heavy atom. The van der Waals surface area contributed by atoms with Crippen molar-refractivity contribution in [2.24, 2.45) is 0 Å². The molecule has 0 spiro atoms. The topological polar surface area (TPSA) is 72.8 Å². The maximum Gasteiger partial charge on any atom is 0.253 e. The first kappa shape index (κ1) is 15.4. The third kappa shape index (κ3) is 2.99. The molecule has 1 amide bonds. The molecule has 1 N–H and O–H groups in total. The highest BCUT2D eigenvalue weighted by Gasteiger charge is 2.27. The van der Waals surface area contributed by atoms with Gasteiger partial charge in [-0.3, -0.25) is 4.79 Å². The first-order chi connectivity index (χ1) is 12.2. The number of para-hydroxylation sites is 2. The highest BCUT2D eigenvalue weighted by molar-refractivity contribution is 5.94. The van der Waals surface area contributed by atoms with E-state index in [-0.39, 0.29) is 11.8 Å². The van der Waals surface area contributed by atoms with Crippen LogP contribution in [-0.4, -0.2) is 33.9 Å². The van der Waals surface area contributed by atoms with E-state index >= 15 is 0 Å². The molecule has 1 aromatic heterocycles. The van der Waals surface area contributed by atoms with Crippen LogP contribution in [0.25, 0.3) is 11.0 Å². The third-order valence-corrected chi connectivity index (χ3v) is 4.76. The Morgan fingerprint density at radius 2 is 2.00 bits per heavy atom. The molecule has 1 unspecified atom stereocenters. The fourth-order valence-electron chi connectivity index (χ4n) is 3.42. The zero-order valence-electron chi connectivity index (χ0n) is 13.8. The van der Waals surface area contributed by atoms with Crippen LogP contribution in [0, 0.1) is 11.3 Å². The number of rotatable bonds is 2. The van der Waals surface area contributed by atoms with Gasteiger partial charge in [0.05, 0.1) is 22.7 Å². The summed E-state index contributed by atoms with van der Waals surface area (Å²) in [6.07, 6.45) is 1.99. The van der Waals surface area contributed by atoms with Gasteiger partial charge < -0.3 is 9.88 Å². The van der Waals surface area contributed by atoms with Gasteiger partial charge in [-0.1, -0.05) is 12.1 Å². The Labute approximate surface area is 145 Å².